The minimum absolute atomic E-state index is 0.0861. The summed E-state index contributed by atoms with van der Waals surface area (Å²) in [5.41, 5.74) is 0. The molecule has 2 rings (SSSR count). The van der Waals surface area contributed by atoms with Gasteiger partial charge >= 0.3 is 0 Å². The number of rotatable bonds is 5. The van der Waals surface area contributed by atoms with Gasteiger partial charge in [-0.3, -0.25) is 9.59 Å². The Balaban J connectivity index is 2.06. The van der Waals surface area contributed by atoms with Gasteiger partial charge in [0.05, 0.1) is 11.6 Å². The van der Waals surface area contributed by atoms with Crippen LogP contribution < -0.4 is 10.6 Å². The third kappa shape index (κ3) is 3.18. The van der Waals surface area contributed by atoms with E-state index in [1.807, 2.05) is 24.3 Å². The SMILES string of the molecule is C=CCNC(=O)CNC(=O)c1sc2ccccc2c1Cl. The van der Waals surface area contributed by atoms with E-state index in [0.717, 1.165) is 10.1 Å². The smallest absolute Gasteiger partial charge is 0.263 e. The molecule has 2 amide bonds. The van der Waals surface area contributed by atoms with Crippen molar-refractivity contribution in [3.63, 3.8) is 0 Å². The van der Waals surface area contributed by atoms with Crippen LogP contribution in [0.1, 0.15) is 9.67 Å². The standard InChI is InChI=1S/C14H13ClN2O2S/c1-2-7-16-11(18)8-17-14(19)13-12(15)9-5-3-4-6-10(9)20-13/h2-6H,1,7-8H2,(H,16,18)(H,17,19). The number of nitrogens with one attached hydrogen (secondary N) is 2. The predicted molar refractivity (Wildman–Crippen MR) is 82.4 cm³/mol. The first-order valence-corrected chi connectivity index (χ1v) is 7.15. The first kappa shape index (κ1) is 14.6. The van der Waals surface area contributed by atoms with E-state index in [-0.39, 0.29) is 18.4 Å². The zero-order valence-corrected chi connectivity index (χ0v) is 12.2. The van der Waals surface area contributed by atoms with Crippen molar-refractivity contribution in [2.75, 3.05) is 13.1 Å². The van der Waals surface area contributed by atoms with E-state index >= 15 is 0 Å². The van der Waals surface area contributed by atoms with Crippen molar-refractivity contribution < 1.29 is 9.59 Å². The monoisotopic (exact) mass is 308 g/mol. The maximum Gasteiger partial charge on any atom is 0.263 e. The summed E-state index contributed by atoms with van der Waals surface area (Å²) in [4.78, 5) is 23.8. The van der Waals surface area contributed by atoms with E-state index in [2.05, 4.69) is 17.2 Å². The summed E-state index contributed by atoms with van der Waals surface area (Å²) < 4.78 is 0.943. The fourth-order valence-corrected chi connectivity index (χ4v) is 3.08. The number of hydrogen-bond donors (Lipinski definition) is 2. The Hall–Kier alpha value is -1.85. The highest BCUT2D eigenvalue weighted by molar-refractivity contribution is 7.21. The highest BCUT2D eigenvalue weighted by Gasteiger charge is 2.17. The third-order valence-corrected chi connectivity index (χ3v) is 4.27. The average Bonchev–Trinajstić information content (AvgIpc) is 2.80. The number of carbonyl (C=O) groups is 2. The van der Waals surface area contributed by atoms with Crippen molar-refractivity contribution in [1.29, 1.82) is 0 Å². The van der Waals surface area contributed by atoms with Crippen molar-refractivity contribution in [1.82, 2.24) is 10.6 Å². The third-order valence-electron chi connectivity index (χ3n) is 2.59. The molecule has 0 radical (unpaired) electrons. The second-order valence-electron chi connectivity index (χ2n) is 4.02. The van der Waals surface area contributed by atoms with Crippen molar-refractivity contribution in [2.45, 2.75) is 0 Å². The van der Waals surface area contributed by atoms with Crippen LogP contribution in [0.2, 0.25) is 5.02 Å². The summed E-state index contributed by atoms with van der Waals surface area (Å²) in [6.45, 7) is 3.78. The van der Waals surface area contributed by atoms with E-state index < -0.39 is 0 Å². The lowest BCUT2D eigenvalue weighted by molar-refractivity contribution is -0.119. The molecule has 104 valence electrons. The van der Waals surface area contributed by atoms with E-state index in [9.17, 15) is 9.59 Å². The number of hydrogen-bond acceptors (Lipinski definition) is 3. The summed E-state index contributed by atoms with van der Waals surface area (Å²) in [7, 11) is 0. The average molecular weight is 309 g/mol. The van der Waals surface area contributed by atoms with Crippen LogP contribution in [0.15, 0.2) is 36.9 Å². The summed E-state index contributed by atoms with van der Waals surface area (Å²) in [5, 5.41) is 6.40. The Kier molecular flexibility index (Phi) is 4.76. The number of benzene rings is 1. The molecule has 1 aromatic heterocycles. The van der Waals surface area contributed by atoms with Crippen molar-refractivity contribution in [2.24, 2.45) is 0 Å². The molecule has 0 spiro atoms. The molecule has 0 unspecified atom stereocenters. The zero-order chi connectivity index (χ0) is 14.5. The van der Waals surface area contributed by atoms with Crippen LogP contribution in [0.3, 0.4) is 0 Å². The van der Waals surface area contributed by atoms with Crippen LogP contribution >= 0.6 is 22.9 Å². The molecule has 0 aliphatic rings. The molecule has 0 bridgehead atoms. The maximum absolute atomic E-state index is 12.0. The molecule has 0 aliphatic heterocycles. The van der Waals surface area contributed by atoms with Crippen LogP contribution in [0.4, 0.5) is 0 Å². The van der Waals surface area contributed by atoms with Gasteiger partial charge in [0.25, 0.3) is 5.91 Å². The number of halogens is 1. The van der Waals surface area contributed by atoms with Crippen LogP contribution in [0, 0.1) is 0 Å². The van der Waals surface area contributed by atoms with Crippen LogP contribution in [-0.4, -0.2) is 24.9 Å². The van der Waals surface area contributed by atoms with Crippen LogP contribution in [0.25, 0.3) is 10.1 Å². The Morgan fingerprint density at radius 3 is 2.75 bits per heavy atom. The van der Waals surface area contributed by atoms with Crippen molar-refractivity contribution >= 4 is 44.8 Å². The first-order valence-electron chi connectivity index (χ1n) is 5.96. The summed E-state index contributed by atoms with van der Waals surface area (Å²) in [6, 6.07) is 7.52. The highest BCUT2D eigenvalue weighted by atomic mass is 35.5. The van der Waals surface area contributed by atoms with Gasteiger partial charge in [-0.1, -0.05) is 35.9 Å². The van der Waals surface area contributed by atoms with Crippen molar-refractivity contribution in [3.8, 4) is 0 Å². The molecule has 0 aliphatic carbocycles. The van der Waals surface area contributed by atoms with Crippen molar-refractivity contribution in [3.05, 3.63) is 46.8 Å². The molecular formula is C14H13ClN2O2S. The van der Waals surface area contributed by atoms with Gasteiger partial charge in [0, 0.05) is 16.6 Å². The van der Waals surface area contributed by atoms with Crippen LogP contribution in [-0.2, 0) is 4.79 Å². The molecule has 0 fully saturated rings. The Labute approximate surface area is 125 Å². The Morgan fingerprint density at radius 2 is 2.05 bits per heavy atom. The highest BCUT2D eigenvalue weighted by Crippen LogP contribution is 2.34. The second-order valence-corrected chi connectivity index (χ2v) is 5.45. The van der Waals surface area contributed by atoms with Gasteiger partial charge < -0.3 is 10.6 Å². The predicted octanol–water partition coefficient (Wildman–Crippen LogP) is 2.59. The molecule has 0 atom stereocenters. The molecule has 0 saturated carbocycles. The second kappa shape index (κ2) is 6.54. The number of thiophene rings is 1. The van der Waals surface area contributed by atoms with E-state index in [1.165, 1.54) is 11.3 Å². The molecule has 6 heteroatoms. The van der Waals surface area contributed by atoms with Gasteiger partial charge in [-0.2, -0.15) is 0 Å². The maximum atomic E-state index is 12.0. The van der Waals surface area contributed by atoms with Gasteiger partial charge in [-0.15, -0.1) is 17.9 Å². The van der Waals surface area contributed by atoms with Gasteiger partial charge in [0.2, 0.25) is 5.91 Å². The topological polar surface area (TPSA) is 58.2 Å². The minimum Gasteiger partial charge on any atom is -0.351 e. The lowest BCUT2D eigenvalue weighted by Gasteiger charge is -2.04. The van der Waals surface area contributed by atoms with Crippen LogP contribution in [0.5, 0.6) is 0 Å². The number of fused-ring (bicyclic) bond motifs is 1. The molecule has 2 aromatic rings. The Morgan fingerprint density at radius 1 is 1.30 bits per heavy atom. The molecule has 1 aromatic carbocycles. The summed E-state index contributed by atoms with van der Waals surface area (Å²) in [6.07, 6.45) is 1.57. The van der Waals surface area contributed by atoms with Gasteiger partial charge in [-0.25, -0.2) is 0 Å². The van der Waals surface area contributed by atoms with Gasteiger partial charge in [-0.05, 0) is 6.07 Å². The minimum atomic E-state index is -0.343. The van der Waals surface area contributed by atoms with Gasteiger partial charge in [0.15, 0.2) is 0 Å². The molecular weight excluding hydrogens is 296 g/mol. The fourth-order valence-electron chi connectivity index (χ4n) is 1.65. The van der Waals surface area contributed by atoms with E-state index in [4.69, 9.17) is 11.6 Å². The number of carbonyl (C=O) groups excluding carboxylic acids is 2. The fraction of sp³-hybridized carbons (Fsp3) is 0.143. The van der Waals surface area contributed by atoms with E-state index in [0.29, 0.717) is 16.4 Å². The number of amides is 2. The van der Waals surface area contributed by atoms with E-state index in [1.54, 1.807) is 6.08 Å². The quantitative estimate of drug-likeness (QED) is 0.834. The normalized spacial score (nSPS) is 10.2. The first-order chi connectivity index (χ1) is 9.63. The molecule has 0 saturated heterocycles. The largest absolute Gasteiger partial charge is 0.351 e. The van der Waals surface area contributed by atoms with Gasteiger partial charge in [0.1, 0.15) is 4.88 Å². The molecule has 4 nitrogen and oxygen atoms in total. The molecule has 20 heavy (non-hydrogen) atoms. The lowest BCUT2D eigenvalue weighted by Crippen LogP contribution is -2.36. The Bertz CT molecular complexity index is 666. The lowest BCUT2D eigenvalue weighted by atomic mass is 10.2. The summed E-state index contributed by atoms with van der Waals surface area (Å²) in [5.74, 6) is -0.611. The zero-order valence-electron chi connectivity index (χ0n) is 10.6. The molecule has 1 heterocycles. The summed E-state index contributed by atoms with van der Waals surface area (Å²) >= 11 is 7.50. The molecule has 2 N–H and O–H groups in total.